The number of carboxylic acid groups (broad SMARTS) is 4. The second kappa shape index (κ2) is 29.6. The first kappa shape index (κ1) is 57.0. The summed E-state index contributed by atoms with van der Waals surface area (Å²) in [5.41, 5.74) is 13.0. The van der Waals surface area contributed by atoms with Gasteiger partial charge in [-0.25, -0.2) is 9.59 Å². The van der Waals surface area contributed by atoms with Crippen molar-refractivity contribution in [3.05, 3.63) is 241 Å². The highest BCUT2D eigenvalue weighted by Crippen LogP contribution is 2.37. The summed E-state index contributed by atoms with van der Waals surface area (Å²) in [7, 11) is 0. The van der Waals surface area contributed by atoms with Crippen molar-refractivity contribution in [1.29, 1.82) is 0 Å². The van der Waals surface area contributed by atoms with Crippen LogP contribution in [-0.4, -0.2) is 68.5 Å². The molecular weight excluding hydrogens is 957 g/mol. The van der Waals surface area contributed by atoms with Crippen LogP contribution in [0.2, 0.25) is 0 Å². The number of anilines is 6. The minimum absolute atomic E-state index is 0. The summed E-state index contributed by atoms with van der Waals surface area (Å²) in [5, 5.41) is 33.2. The van der Waals surface area contributed by atoms with Gasteiger partial charge < -0.3 is 35.7 Å². The molecule has 0 saturated carbocycles. The third-order valence-corrected chi connectivity index (χ3v) is 10.5. The molecule has 0 aliphatic carbocycles. The Kier molecular flexibility index (Phi) is 22.5. The summed E-state index contributed by atoms with van der Waals surface area (Å²) in [6.07, 6.45) is 6.43. The van der Waals surface area contributed by atoms with E-state index in [1.807, 2.05) is 109 Å². The van der Waals surface area contributed by atoms with E-state index in [1.165, 1.54) is 0 Å². The molecule has 0 radical (unpaired) electrons. The second-order valence-electron chi connectivity index (χ2n) is 15.5. The zero-order chi connectivity index (χ0) is 53.2. The largest absolute Gasteiger partial charge is 0.481 e. The fourth-order valence-electron chi connectivity index (χ4n) is 7.10. The molecule has 8 rings (SSSR count). The first-order chi connectivity index (χ1) is 35.8. The van der Waals surface area contributed by atoms with E-state index < -0.39 is 30.3 Å². The van der Waals surface area contributed by atoms with Crippen molar-refractivity contribution in [2.45, 2.75) is 6.42 Å². The van der Waals surface area contributed by atoms with Crippen LogP contribution in [0.15, 0.2) is 218 Å². The van der Waals surface area contributed by atoms with Crippen LogP contribution < -0.4 is 9.80 Å². The summed E-state index contributed by atoms with van der Waals surface area (Å²) in [4.78, 5) is 83.0. The topological polar surface area (TPSA) is 255 Å². The lowest BCUT2D eigenvalue weighted by Crippen LogP contribution is -2.10. The number of benzene rings is 8. The molecule has 8 aromatic rings. The zero-order valence-corrected chi connectivity index (χ0v) is 39.8. The third kappa shape index (κ3) is 17.9. The number of carbonyl (C=O) groups excluding carboxylic acids is 4. The first-order valence-corrected chi connectivity index (χ1v) is 22.3. The van der Waals surface area contributed by atoms with Gasteiger partial charge in [0.25, 0.3) is 0 Å². The number of carboxylic acids is 4. The average Bonchev–Trinajstić information content (AvgIpc) is 3.42. The summed E-state index contributed by atoms with van der Waals surface area (Å²) < 4.78 is 0. The normalized spacial score (nSPS) is 10.0. The molecule has 0 unspecified atom stereocenters. The van der Waals surface area contributed by atoms with Gasteiger partial charge in [-0.3, -0.25) is 19.2 Å². The standard InChI is InChI=1S/C30H23NO4.C26H19NO2.C3H4O4.CO2.H2O/c32-29(33)20-10-22-6-14-26(15-7-22)31(27-16-8-23(9-17-27)11-21-30(34)35)28-18-12-25(13-19-28)24-4-2-1-3-5-24;28-18-20-6-12-24(13-7-20)27(25-14-8-21(19-29)9-15-25)26-16-10-23(11-17-26)22-4-2-1-3-5-22;4-2(5)1-3(6)7;2-1-3;/h1-21H,(H,32,33)(H,34,35);1-19H;1H2,(H,4,5)(H,6,7);;1H2/b20-10+,21-11+;;;;. The molecular formula is C60H48N2O13. The van der Waals surface area contributed by atoms with Crippen LogP contribution in [0.3, 0.4) is 0 Å². The van der Waals surface area contributed by atoms with Gasteiger partial charge in [0.05, 0.1) is 0 Å². The van der Waals surface area contributed by atoms with Gasteiger partial charge >= 0.3 is 30.0 Å². The maximum absolute atomic E-state index is 11.0. The van der Waals surface area contributed by atoms with Gasteiger partial charge in [-0.1, -0.05) is 109 Å². The third-order valence-electron chi connectivity index (χ3n) is 10.5. The van der Waals surface area contributed by atoms with Gasteiger partial charge in [-0.2, -0.15) is 9.59 Å². The van der Waals surface area contributed by atoms with E-state index >= 15 is 0 Å². The summed E-state index contributed by atoms with van der Waals surface area (Å²) >= 11 is 0. The van der Waals surface area contributed by atoms with Crippen molar-refractivity contribution in [3.63, 3.8) is 0 Å². The van der Waals surface area contributed by atoms with Gasteiger partial charge in [0.15, 0.2) is 0 Å². The molecule has 0 heterocycles. The van der Waals surface area contributed by atoms with Crippen molar-refractivity contribution in [2.24, 2.45) is 0 Å². The van der Waals surface area contributed by atoms with Crippen LogP contribution in [-0.2, 0) is 28.8 Å². The van der Waals surface area contributed by atoms with Crippen LogP contribution in [0.1, 0.15) is 38.3 Å². The Morgan fingerprint density at radius 1 is 0.360 bits per heavy atom. The smallest absolute Gasteiger partial charge is 0.373 e. The molecule has 15 heteroatoms. The molecule has 75 heavy (non-hydrogen) atoms. The highest BCUT2D eigenvalue weighted by atomic mass is 16.4. The Bertz CT molecular complexity index is 3080. The fraction of sp³-hybridized carbons (Fsp3) is 0.0167. The Morgan fingerprint density at radius 3 is 0.800 bits per heavy atom. The van der Waals surface area contributed by atoms with Crippen LogP contribution in [0.5, 0.6) is 0 Å². The van der Waals surface area contributed by atoms with Crippen LogP contribution in [0, 0.1) is 0 Å². The number of nitrogens with zero attached hydrogens (tertiary/aromatic N) is 2. The van der Waals surface area contributed by atoms with E-state index in [-0.39, 0.29) is 11.6 Å². The van der Waals surface area contributed by atoms with Gasteiger partial charge in [0.2, 0.25) is 0 Å². The summed E-state index contributed by atoms with van der Waals surface area (Å²) in [5.74, 6) is -4.61. The summed E-state index contributed by atoms with van der Waals surface area (Å²) in [6, 6.07) is 67.0. The molecule has 15 nitrogen and oxygen atoms in total. The molecule has 0 aliphatic rings. The monoisotopic (exact) mass is 1000 g/mol. The first-order valence-electron chi connectivity index (χ1n) is 22.3. The lowest BCUT2D eigenvalue weighted by atomic mass is 10.0. The predicted octanol–water partition coefficient (Wildman–Crippen LogP) is 11.6. The van der Waals surface area contributed by atoms with Crippen molar-refractivity contribution in [1.82, 2.24) is 0 Å². The van der Waals surface area contributed by atoms with Gasteiger partial charge in [0, 0.05) is 57.4 Å². The number of hydrogen-bond donors (Lipinski definition) is 4. The second-order valence-corrected chi connectivity index (χ2v) is 15.5. The molecule has 0 saturated heterocycles. The lowest BCUT2D eigenvalue weighted by molar-refractivity contribution is -0.192. The lowest BCUT2D eigenvalue weighted by Gasteiger charge is -2.26. The van der Waals surface area contributed by atoms with Crippen LogP contribution in [0.4, 0.5) is 34.1 Å². The van der Waals surface area contributed by atoms with E-state index in [2.05, 4.69) is 82.6 Å². The fourth-order valence-corrected chi connectivity index (χ4v) is 7.10. The molecule has 0 atom stereocenters. The van der Waals surface area contributed by atoms with Crippen molar-refractivity contribution >= 4 is 88.9 Å². The zero-order valence-electron chi connectivity index (χ0n) is 39.8. The molecule has 0 spiro atoms. The average molecular weight is 1010 g/mol. The molecule has 0 amide bonds. The predicted molar refractivity (Wildman–Crippen MR) is 286 cm³/mol. The molecule has 0 bridgehead atoms. The minimum Gasteiger partial charge on any atom is -0.481 e. The highest BCUT2D eigenvalue weighted by Gasteiger charge is 2.15. The van der Waals surface area contributed by atoms with E-state index in [0.29, 0.717) is 11.1 Å². The van der Waals surface area contributed by atoms with Gasteiger partial charge in [0.1, 0.15) is 19.0 Å². The van der Waals surface area contributed by atoms with E-state index in [9.17, 15) is 28.8 Å². The molecule has 8 aromatic carbocycles. The van der Waals surface area contributed by atoms with Gasteiger partial charge in [-0.05, 0) is 143 Å². The molecule has 0 fully saturated rings. The molecule has 0 aromatic heterocycles. The van der Waals surface area contributed by atoms with Crippen LogP contribution in [0.25, 0.3) is 34.4 Å². The number of hydrogen-bond acceptors (Lipinski definition) is 10. The number of aldehydes is 2. The number of rotatable bonds is 16. The van der Waals surface area contributed by atoms with Crippen LogP contribution >= 0.6 is 0 Å². The van der Waals surface area contributed by atoms with Crippen molar-refractivity contribution in [3.8, 4) is 22.3 Å². The molecule has 376 valence electrons. The Morgan fingerprint density at radius 2 is 0.587 bits per heavy atom. The molecule has 6 N–H and O–H groups in total. The summed E-state index contributed by atoms with van der Waals surface area (Å²) in [6.45, 7) is 0. The maximum atomic E-state index is 11.0. The van der Waals surface area contributed by atoms with Gasteiger partial charge in [-0.15, -0.1) is 0 Å². The minimum atomic E-state index is -1.31. The number of carbonyl (C=O) groups is 6. The maximum Gasteiger partial charge on any atom is 0.373 e. The van der Waals surface area contributed by atoms with Crippen molar-refractivity contribution < 1.29 is 64.3 Å². The quantitative estimate of drug-likeness (QED) is 0.0399. The van der Waals surface area contributed by atoms with E-state index in [0.717, 1.165) is 92.2 Å². The van der Waals surface area contributed by atoms with Crippen molar-refractivity contribution in [2.75, 3.05) is 9.80 Å². The van der Waals surface area contributed by atoms with E-state index in [4.69, 9.17) is 30.0 Å². The van der Waals surface area contributed by atoms with E-state index in [1.54, 1.807) is 36.4 Å². The highest BCUT2D eigenvalue weighted by molar-refractivity contribution is 5.89. The Balaban J connectivity index is 0.000000275. The number of aliphatic carboxylic acids is 4. The molecule has 0 aliphatic heterocycles. The Labute approximate surface area is 430 Å². The SMILES string of the molecule is O.O=C(O)/C=C/c1ccc(N(c2ccc(/C=C/C(=O)O)cc2)c2ccc(-c3ccccc3)cc2)cc1.O=C(O)CC(=O)O.O=C=O.O=Cc1ccc(N(c2ccc(C=O)cc2)c2ccc(-c3ccccc3)cc2)cc1. The Hall–Kier alpha value is -10.6.